The van der Waals surface area contributed by atoms with Gasteiger partial charge in [0.1, 0.15) is 6.10 Å². The van der Waals surface area contributed by atoms with Gasteiger partial charge in [0.2, 0.25) is 0 Å². The van der Waals surface area contributed by atoms with E-state index in [9.17, 15) is 9.59 Å². The normalized spacial score (nSPS) is 15.4. The number of nitrogens with one attached hydrogen (secondary N) is 1. The topological polar surface area (TPSA) is 71.5 Å². The first kappa shape index (κ1) is 22.3. The van der Waals surface area contributed by atoms with Crippen molar-refractivity contribution in [2.75, 3.05) is 23.4 Å². The molecule has 1 fully saturated rings. The van der Waals surface area contributed by atoms with Crippen LogP contribution in [0.2, 0.25) is 0 Å². The summed E-state index contributed by atoms with van der Waals surface area (Å²) in [5.74, 6) is -0.322. The summed E-state index contributed by atoms with van der Waals surface area (Å²) in [4.78, 5) is 32.6. The van der Waals surface area contributed by atoms with Crippen LogP contribution in [0.1, 0.15) is 28.8 Å². The lowest BCUT2D eigenvalue weighted by molar-refractivity contribution is -0.124. The first-order valence-electron chi connectivity index (χ1n) is 11.4. The molecule has 0 spiro atoms. The zero-order chi connectivity index (χ0) is 23.3. The monoisotopic (exact) mass is 471 g/mol. The van der Waals surface area contributed by atoms with Crippen LogP contribution in [0.3, 0.4) is 0 Å². The number of carbonyl (C=O) groups excluding carboxylic acids is 2. The van der Waals surface area contributed by atoms with Gasteiger partial charge in [-0.2, -0.15) is 0 Å². The minimum absolute atomic E-state index is 0.150. The molecule has 5 rings (SSSR count). The van der Waals surface area contributed by atoms with E-state index >= 15 is 0 Å². The van der Waals surface area contributed by atoms with Crippen LogP contribution in [0.25, 0.3) is 10.2 Å². The maximum absolute atomic E-state index is 13.7. The number of hydrogen-bond acceptors (Lipinski definition) is 5. The third kappa shape index (κ3) is 5.00. The van der Waals surface area contributed by atoms with Gasteiger partial charge in [-0.1, -0.05) is 59.9 Å². The van der Waals surface area contributed by atoms with Gasteiger partial charge in [-0.25, -0.2) is 4.98 Å². The molecule has 0 radical (unpaired) electrons. The van der Waals surface area contributed by atoms with Gasteiger partial charge in [-0.05, 0) is 55.2 Å². The molecule has 1 atom stereocenters. The summed E-state index contributed by atoms with van der Waals surface area (Å²) in [5, 5.41) is 3.55. The van der Waals surface area contributed by atoms with Crippen LogP contribution in [0.15, 0.2) is 78.9 Å². The van der Waals surface area contributed by atoms with Gasteiger partial charge in [0.15, 0.2) is 5.13 Å². The van der Waals surface area contributed by atoms with Gasteiger partial charge in [0, 0.05) is 24.4 Å². The number of benzene rings is 3. The number of ether oxygens (including phenoxy) is 1. The zero-order valence-electron chi connectivity index (χ0n) is 18.6. The molecule has 2 amide bonds. The Morgan fingerprint density at radius 2 is 1.85 bits per heavy atom. The van der Waals surface area contributed by atoms with E-state index in [0.717, 1.165) is 28.6 Å². The summed E-state index contributed by atoms with van der Waals surface area (Å²) >= 11 is 1.50. The Bertz CT molecular complexity index is 1270. The van der Waals surface area contributed by atoms with Crippen LogP contribution < -0.4 is 10.2 Å². The Morgan fingerprint density at radius 1 is 1.03 bits per heavy atom. The predicted molar refractivity (Wildman–Crippen MR) is 135 cm³/mol. The van der Waals surface area contributed by atoms with Crippen LogP contribution in [0, 0.1) is 0 Å². The number of para-hydroxylation sites is 1. The molecule has 0 bridgehead atoms. The first-order valence-corrected chi connectivity index (χ1v) is 12.2. The van der Waals surface area contributed by atoms with E-state index in [1.165, 1.54) is 11.3 Å². The number of aromatic nitrogens is 1. The van der Waals surface area contributed by atoms with E-state index in [-0.39, 0.29) is 11.8 Å². The fraction of sp³-hybridized carbons (Fsp3) is 0.222. The lowest BCUT2D eigenvalue weighted by atomic mass is 10.1. The van der Waals surface area contributed by atoms with Gasteiger partial charge in [0.05, 0.1) is 10.2 Å². The molecule has 172 valence electrons. The van der Waals surface area contributed by atoms with Crippen LogP contribution in [0.5, 0.6) is 0 Å². The van der Waals surface area contributed by atoms with Gasteiger partial charge in [-0.3, -0.25) is 14.5 Å². The molecule has 1 aliphatic heterocycles. The SMILES string of the molecule is O=C(Nc1cccc(C(=O)N(CCc2ccccc2)c2nc3ccccc3s2)c1)C1CCCO1. The molecule has 6 nitrogen and oxygen atoms in total. The second kappa shape index (κ2) is 10.2. The number of amides is 2. The van der Waals surface area contributed by atoms with Gasteiger partial charge in [-0.15, -0.1) is 0 Å². The smallest absolute Gasteiger partial charge is 0.260 e. The van der Waals surface area contributed by atoms with Crippen molar-refractivity contribution >= 4 is 44.2 Å². The van der Waals surface area contributed by atoms with E-state index in [4.69, 9.17) is 9.72 Å². The average molecular weight is 472 g/mol. The fourth-order valence-electron chi connectivity index (χ4n) is 4.04. The molecule has 1 aliphatic rings. The molecule has 4 aromatic rings. The number of nitrogens with zero attached hydrogens (tertiary/aromatic N) is 2. The number of rotatable bonds is 7. The van der Waals surface area contributed by atoms with Crippen molar-refractivity contribution in [2.24, 2.45) is 0 Å². The van der Waals surface area contributed by atoms with Crippen molar-refractivity contribution < 1.29 is 14.3 Å². The van der Waals surface area contributed by atoms with Crippen molar-refractivity contribution in [3.8, 4) is 0 Å². The van der Waals surface area contributed by atoms with E-state index in [0.29, 0.717) is 36.0 Å². The Labute approximate surface area is 202 Å². The van der Waals surface area contributed by atoms with Crippen molar-refractivity contribution in [3.05, 3.63) is 90.0 Å². The lowest BCUT2D eigenvalue weighted by Crippen LogP contribution is -2.33. The summed E-state index contributed by atoms with van der Waals surface area (Å²) in [7, 11) is 0. The molecule has 3 aromatic carbocycles. The number of fused-ring (bicyclic) bond motifs is 1. The quantitative estimate of drug-likeness (QED) is 0.397. The Balaban J connectivity index is 1.40. The second-order valence-electron chi connectivity index (χ2n) is 8.23. The summed E-state index contributed by atoms with van der Waals surface area (Å²) < 4.78 is 6.50. The molecule has 0 saturated carbocycles. The van der Waals surface area contributed by atoms with Crippen LogP contribution >= 0.6 is 11.3 Å². The highest BCUT2D eigenvalue weighted by Gasteiger charge is 2.25. The number of anilines is 2. The Hall–Kier alpha value is -3.55. The van der Waals surface area contributed by atoms with E-state index < -0.39 is 6.10 Å². The fourth-order valence-corrected chi connectivity index (χ4v) is 5.03. The maximum Gasteiger partial charge on any atom is 0.260 e. The Morgan fingerprint density at radius 3 is 2.65 bits per heavy atom. The van der Waals surface area contributed by atoms with Crippen molar-refractivity contribution in [2.45, 2.75) is 25.4 Å². The first-order chi connectivity index (χ1) is 16.7. The van der Waals surface area contributed by atoms with Crippen molar-refractivity contribution in [1.82, 2.24) is 4.98 Å². The molecule has 34 heavy (non-hydrogen) atoms. The number of carbonyl (C=O) groups is 2. The summed E-state index contributed by atoms with van der Waals surface area (Å²) in [6, 6.07) is 25.0. The average Bonchev–Trinajstić information content (AvgIpc) is 3.55. The molecule has 1 unspecified atom stereocenters. The second-order valence-corrected chi connectivity index (χ2v) is 9.24. The third-order valence-electron chi connectivity index (χ3n) is 5.82. The molecule has 0 aliphatic carbocycles. The van der Waals surface area contributed by atoms with Crippen molar-refractivity contribution in [3.63, 3.8) is 0 Å². The molecular formula is C27H25N3O3S. The lowest BCUT2D eigenvalue weighted by Gasteiger charge is -2.20. The van der Waals surface area contributed by atoms with E-state index in [1.807, 2.05) is 42.5 Å². The van der Waals surface area contributed by atoms with Crippen LogP contribution in [0.4, 0.5) is 10.8 Å². The standard InChI is InChI=1S/C27H25N3O3S/c31-25(23-13-7-17-33-23)28-21-11-6-10-20(18-21)26(32)30(16-15-19-8-2-1-3-9-19)27-29-22-12-4-5-14-24(22)34-27/h1-6,8-12,14,18,23H,7,13,15-17H2,(H,28,31). The highest BCUT2D eigenvalue weighted by Crippen LogP contribution is 2.30. The van der Waals surface area contributed by atoms with Gasteiger partial charge >= 0.3 is 0 Å². The maximum atomic E-state index is 13.7. The van der Waals surface area contributed by atoms with Crippen molar-refractivity contribution in [1.29, 1.82) is 0 Å². The van der Waals surface area contributed by atoms with E-state index in [1.54, 1.807) is 29.2 Å². The minimum atomic E-state index is -0.426. The molecule has 2 heterocycles. The molecule has 1 aromatic heterocycles. The van der Waals surface area contributed by atoms with Crippen LogP contribution in [-0.2, 0) is 16.0 Å². The summed E-state index contributed by atoms with van der Waals surface area (Å²) in [5.41, 5.74) is 3.10. The summed E-state index contributed by atoms with van der Waals surface area (Å²) in [6.07, 6.45) is 1.88. The molecular weight excluding hydrogens is 446 g/mol. The number of hydrogen-bond donors (Lipinski definition) is 1. The van der Waals surface area contributed by atoms with Gasteiger partial charge < -0.3 is 10.1 Å². The van der Waals surface area contributed by atoms with Crippen LogP contribution in [-0.4, -0.2) is 36.1 Å². The summed E-state index contributed by atoms with van der Waals surface area (Å²) in [6.45, 7) is 1.10. The number of thiazole rings is 1. The highest BCUT2D eigenvalue weighted by molar-refractivity contribution is 7.22. The molecule has 1 N–H and O–H groups in total. The molecule has 1 saturated heterocycles. The minimum Gasteiger partial charge on any atom is -0.368 e. The highest BCUT2D eigenvalue weighted by atomic mass is 32.1. The van der Waals surface area contributed by atoms with Gasteiger partial charge in [0.25, 0.3) is 11.8 Å². The van der Waals surface area contributed by atoms with E-state index in [2.05, 4.69) is 17.4 Å². The Kier molecular flexibility index (Phi) is 6.65. The molecule has 7 heteroatoms. The third-order valence-corrected chi connectivity index (χ3v) is 6.88. The predicted octanol–water partition coefficient (Wildman–Crippen LogP) is 5.30. The largest absolute Gasteiger partial charge is 0.368 e. The zero-order valence-corrected chi connectivity index (χ0v) is 19.5.